The molecule has 16 heavy (non-hydrogen) atoms. The van der Waals surface area contributed by atoms with Crippen LogP contribution < -0.4 is 5.32 Å². The summed E-state index contributed by atoms with van der Waals surface area (Å²) in [6.45, 7) is 7.28. The molecule has 1 heterocycles. The SMILES string of the molecule is CNC(C)(C)c1cncn1C(C)CCOC. The molecular weight excluding hydrogens is 202 g/mol. The van der Waals surface area contributed by atoms with Gasteiger partial charge in [0.25, 0.3) is 0 Å². The van der Waals surface area contributed by atoms with Gasteiger partial charge >= 0.3 is 0 Å². The number of nitrogens with one attached hydrogen (secondary N) is 1. The van der Waals surface area contributed by atoms with E-state index in [9.17, 15) is 0 Å². The Labute approximate surface area is 98.0 Å². The Morgan fingerprint density at radius 2 is 2.25 bits per heavy atom. The van der Waals surface area contributed by atoms with Crippen LogP contribution in [-0.2, 0) is 10.3 Å². The fourth-order valence-electron chi connectivity index (χ4n) is 1.70. The van der Waals surface area contributed by atoms with Gasteiger partial charge in [0.15, 0.2) is 0 Å². The summed E-state index contributed by atoms with van der Waals surface area (Å²) < 4.78 is 7.33. The summed E-state index contributed by atoms with van der Waals surface area (Å²) in [6.07, 6.45) is 4.83. The maximum Gasteiger partial charge on any atom is 0.0951 e. The van der Waals surface area contributed by atoms with E-state index in [1.807, 2.05) is 19.6 Å². The molecule has 1 unspecified atom stereocenters. The first kappa shape index (κ1) is 13.2. The highest BCUT2D eigenvalue weighted by Gasteiger charge is 2.23. The molecule has 1 atom stereocenters. The Morgan fingerprint density at radius 1 is 1.56 bits per heavy atom. The second kappa shape index (κ2) is 5.46. The first-order chi connectivity index (χ1) is 7.53. The number of nitrogens with zero attached hydrogens (tertiary/aromatic N) is 2. The van der Waals surface area contributed by atoms with Gasteiger partial charge in [0.05, 0.1) is 23.8 Å². The van der Waals surface area contributed by atoms with Gasteiger partial charge in [-0.05, 0) is 34.2 Å². The summed E-state index contributed by atoms with van der Waals surface area (Å²) in [7, 11) is 3.70. The topological polar surface area (TPSA) is 39.1 Å². The maximum atomic E-state index is 5.11. The van der Waals surface area contributed by atoms with Gasteiger partial charge in [-0.25, -0.2) is 4.98 Å². The quantitative estimate of drug-likeness (QED) is 0.804. The van der Waals surface area contributed by atoms with E-state index in [-0.39, 0.29) is 5.54 Å². The molecule has 1 N–H and O–H groups in total. The van der Waals surface area contributed by atoms with Crippen LogP contribution in [0, 0.1) is 0 Å². The molecule has 0 aliphatic carbocycles. The van der Waals surface area contributed by atoms with Gasteiger partial charge in [0.2, 0.25) is 0 Å². The van der Waals surface area contributed by atoms with E-state index in [0.29, 0.717) is 6.04 Å². The van der Waals surface area contributed by atoms with E-state index in [1.165, 1.54) is 5.69 Å². The molecule has 0 saturated heterocycles. The zero-order valence-electron chi connectivity index (χ0n) is 10.9. The van der Waals surface area contributed by atoms with Crippen molar-refractivity contribution in [3.63, 3.8) is 0 Å². The molecule has 0 aromatic carbocycles. The van der Waals surface area contributed by atoms with Crippen molar-refractivity contribution in [1.29, 1.82) is 0 Å². The van der Waals surface area contributed by atoms with E-state index < -0.39 is 0 Å². The third-order valence-corrected chi connectivity index (χ3v) is 3.15. The Balaban J connectivity index is 2.85. The van der Waals surface area contributed by atoms with E-state index in [2.05, 4.69) is 35.6 Å². The highest BCUT2D eigenvalue weighted by molar-refractivity contribution is 5.11. The largest absolute Gasteiger partial charge is 0.385 e. The normalized spacial score (nSPS) is 14.1. The molecule has 1 rings (SSSR count). The number of methoxy groups -OCH3 is 1. The summed E-state index contributed by atoms with van der Waals surface area (Å²) in [5, 5.41) is 3.30. The Hall–Kier alpha value is -0.870. The third kappa shape index (κ3) is 2.83. The molecule has 0 fully saturated rings. The van der Waals surface area contributed by atoms with Gasteiger partial charge in [-0.15, -0.1) is 0 Å². The average molecular weight is 225 g/mol. The lowest BCUT2D eigenvalue weighted by atomic mass is 10.0. The lowest BCUT2D eigenvalue weighted by Gasteiger charge is -2.28. The van der Waals surface area contributed by atoms with Gasteiger partial charge in [-0.2, -0.15) is 0 Å². The molecular formula is C12H23N3O. The summed E-state index contributed by atoms with van der Waals surface area (Å²) in [5.41, 5.74) is 1.15. The van der Waals surface area contributed by atoms with Crippen molar-refractivity contribution < 1.29 is 4.74 Å². The van der Waals surface area contributed by atoms with E-state index >= 15 is 0 Å². The molecule has 0 amide bonds. The van der Waals surface area contributed by atoms with Crippen LogP contribution in [0.15, 0.2) is 12.5 Å². The minimum absolute atomic E-state index is 0.0577. The van der Waals surface area contributed by atoms with Crippen LogP contribution in [0.3, 0.4) is 0 Å². The number of ether oxygens (including phenoxy) is 1. The maximum absolute atomic E-state index is 5.11. The van der Waals surface area contributed by atoms with Crippen LogP contribution in [-0.4, -0.2) is 30.3 Å². The zero-order chi connectivity index (χ0) is 12.2. The molecule has 0 aliphatic rings. The molecule has 0 spiro atoms. The summed E-state index contributed by atoms with van der Waals surface area (Å²) in [6, 6.07) is 0.407. The molecule has 0 aliphatic heterocycles. The van der Waals surface area contributed by atoms with Crippen molar-refractivity contribution in [3.8, 4) is 0 Å². The molecule has 1 aromatic rings. The zero-order valence-corrected chi connectivity index (χ0v) is 10.9. The molecule has 0 radical (unpaired) electrons. The lowest BCUT2D eigenvalue weighted by molar-refractivity contribution is 0.179. The third-order valence-electron chi connectivity index (χ3n) is 3.15. The Kier molecular flexibility index (Phi) is 4.50. The van der Waals surface area contributed by atoms with Crippen LogP contribution in [0.1, 0.15) is 38.9 Å². The molecule has 92 valence electrons. The van der Waals surface area contributed by atoms with Crippen LogP contribution >= 0.6 is 0 Å². The van der Waals surface area contributed by atoms with Crippen LogP contribution in [0.5, 0.6) is 0 Å². The van der Waals surface area contributed by atoms with Gasteiger partial charge in [-0.1, -0.05) is 0 Å². The summed E-state index contributed by atoms with van der Waals surface area (Å²) in [4.78, 5) is 4.25. The van der Waals surface area contributed by atoms with E-state index in [0.717, 1.165) is 13.0 Å². The number of imidazole rings is 1. The Bertz CT molecular complexity index is 320. The van der Waals surface area contributed by atoms with Crippen molar-refractivity contribution in [2.75, 3.05) is 20.8 Å². The second-order valence-corrected chi connectivity index (χ2v) is 4.69. The fraction of sp³-hybridized carbons (Fsp3) is 0.750. The molecule has 0 bridgehead atoms. The van der Waals surface area contributed by atoms with Crippen LogP contribution in [0.2, 0.25) is 0 Å². The van der Waals surface area contributed by atoms with E-state index in [1.54, 1.807) is 7.11 Å². The minimum atomic E-state index is -0.0577. The monoisotopic (exact) mass is 225 g/mol. The smallest absolute Gasteiger partial charge is 0.0951 e. The lowest BCUT2D eigenvalue weighted by Crippen LogP contribution is -2.36. The number of hydrogen-bond acceptors (Lipinski definition) is 3. The van der Waals surface area contributed by atoms with Gasteiger partial charge in [0, 0.05) is 19.8 Å². The van der Waals surface area contributed by atoms with Crippen LogP contribution in [0.4, 0.5) is 0 Å². The van der Waals surface area contributed by atoms with Crippen molar-refractivity contribution in [2.24, 2.45) is 0 Å². The minimum Gasteiger partial charge on any atom is -0.385 e. The second-order valence-electron chi connectivity index (χ2n) is 4.69. The Morgan fingerprint density at radius 3 is 2.81 bits per heavy atom. The fourth-order valence-corrected chi connectivity index (χ4v) is 1.70. The number of aromatic nitrogens is 2. The predicted octanol–water partition coefficient (Wildman–Crippen LogP) is 1.94. The molecule has 4 heteroatoms. The molecule has 1 aromatic heterocycles. The van der Waals surface area contributed by atoms with Gasteiger partial charge in [0.1, 0.15) is 0 Å². The highest BCUT2D eigenvalue weighted by Crippen LogP contribution is 2.23. The van der Waals surface area contributed by atoms with Crippen molar-refractivity contribution in [3.05, 3.63) is 18.2 Å². The molecule has 4 nitrogen and oxygen atoms in total. The van der Waals surface area contributed by atoms with E-state index in [4.69, 9.17) is 4.74 Å². The van der Waals surface area contributed by atoms with Crippen molar-refractivity contribution in [2.45, 2.75) is 38.8 Å². The average Bonchev–Trinajstić information content (AvgIpc) is 2.75. The highest BCUT2D eigenvalue weighted by atomic mass is 16.5. The van der Waals surface area contributed by atoms with Gasteiger partial charge in [-0.3, -0.25) is 0 Å². The number of hydrogen-bond donors (Lipinski definition) is 1. The standard InChI is InChI=1S/C12H23N3O/c1-10(6-7-16-5)15-9-14-8-11(15)12(2,3)13-4/h8-10,13H,6-7H2,1-5H3. The predicted molar refractivity (Wildman–Crippen MR) is 65.5 cm³/mol. The van der Waals surface area contributed by atoms with Crippen LogP contribution in [0.25, 0.3) is 0 Å². The first-order valence-corrected chi connectivity index (χ1v) is 5.73. The van der Waals surface area contributed by atoms with Gasteiger partial charge < -0.3 is 14.6 Å². The van der Waals surface area contributed by atoms with Crippen molar-refractivity contribution in [1.82, 2.24) is 14.9 Å². The summed E-state index contributed by atoms with van der Waals surface area (Å²) in [5.74, 6) is 0. The summed E-state index contributed by atoms with van der Waals surface area (Å²) >= 11 is 0. The first-order valence-electron chi connectivity index (χ1n) is 5.73. The molecule has 0 saturated carbocycles. The van der Waals surface area contributed by atoms with Crippen molar-refractivity contribution >= 4 is 0 Å². The number of rotatable bonds is 6.